The molecule has 2 rings (SSSR count). The smallest absolute Gasteiger partial charge is 0.406 e. The summed E-state index contributed by atoms with van der Waals surface area (Å²) >= 11 is 0. The van der Waals surface area contributed by atoms with Gasteiger partial charge in [0.1, 0.15) is 5.75 Å². The number of hydrogen-bond acceptors (Lipinski definition) is 4. The Balaban J connectivity index is 1.97. The van der Waals surface area contributed by atoms with Gasteiger partial charge in [-0.2, -0.15) is 0 Å². The van der Waals surface area contributed by atoms with Crippen molar-refractivity contribution in [1.82, 2.24) is 9.97 Å². The lowest BCUT2D eigenvalue weighted by atomic mass is 10.1. The molecule has 0 aliphatic rings. The van der Waals surface area contributed by atoms with Gasteiger partial charge < -0.3 is 20.8 Å². The maximum Gasteiger partial charge on any atom is 0.573 e. The second kappa shape index (κ2) is 6.48. The van der Waals surface area contributed by atoms with E-state index in [4.69, 9.17) is 5.73 Å². The molecule has 1 aromatic carbocycles. The molecular formula is C13H13F3N4O2. The molecule has 22 heavy (non-hydrogen) atoms. The van der Waals surface area contributed by atoms with E-state index in [0.29, 0.717) is 5.69 Å². The standard InChI is InChI=1S/C13H13F3N4O2/c14-13(15,16)22-10-3-1-2-8(4-10)20-12(21)11(17)5-9-6-18-7-19-9/h1-4,6-7,11H,5,17H2,(H,18,19)(H,20,21). The highest BCUT2D eigenvalue weighted by atomic mass is 19.4. The van der Waals surface area contributed by atoms with Crippen LogP contribution in [0.15, 0.2) is 36.8 Å². The highest BCUT2D eigenvalue weighted by Gasteiger charge is 2.31. The van der Waals surface area contributed by atoms with E-state index in [9.17, 15) is 18.0 Å². The van der Waals surface area contributed by atoms with Crippen LogP contribution < -0.4 is 15.8 Å². The molecule has 1 unspecified atom stereocenters. The minimum Gasteiger partial charge on any atom is -0.406 e. The number of carbonyl (C=O) groups excluding carboxylic acids is 1. The number of benzene rings is 1. The quantitative estimate of drug-likeness (QED) is 0.785. The largest absolute Gasteiger partial charge is 0.573 e. The van der Waals surface area contributed by atoms with Gasteiger partial charge in [-0.15, -0.1) is 13.2 Å². The monoisotopic (exact) mass is 314 g/mol. The van der Waals surface area contributed by atoms with Crippen molar-refractivity contribution in [3.63, 3.8) is 0 Å². The number of H-pyrrole nitrogens is 1. The topological polar surface area (TPSA) is 93.0 Å². The van der Waals surface area contributed by atoms with Crippen LogP contribution in [0, 0.1) is 0 Å². The van der Waals surface area contributed by atoms with Crippen LogP contribution in [0.1, 0.15) is 5.69 Å². The van der Waals surface area contributed by atoms with Crippen LogP contribution in [0.4, 0.5) is 18.9 Å². The number of nitrogens with zero attached hydrogens (tertiary/aromatic N) is 1. The molecular weight excluding hydrogens is 301 g/mol. The predicted molar refractivity (Wildman–Crippen MR) is 72.0 cm³/mol. The van der Waals surface area contributed by atoms with Gasteiger partial charge in [-0.3, -0.25) is 4.79 Å². The molecule has 9 heteroatoms. The second-order valence-electron chi connectivity index (χ2n) is 4.44. The zero-order valence-corrected chi connectivity index (χ0v) is 11.2. The second-order valence-corrected chi connectivity index (χ2v) is 4.44. The third-order valence-electron chi connectivity index (χ3n) is 2.66. The van der Waals surface area contributed by atoms with Crippen LogP contribution in [-0.4, -0.2) is 28.3 Å². The van der Waals surface area contributed by atoms with Crippen molar-refractivity contribution in [2.24, 2.45) is 5.73 Å². The van der Waals surface area contributed by atoms with E-state index in [1.54, 1.807) is 6.20 Å². The fraction of sp³-hybridized carbons (Fsp3) is 0.231. The Kier molecular flexibility index (Phi) is 4.66. The van der Waals surface area contributed by atoms with E-state index in [0.717, 1.165) is 12.1 Å². The maximum atomic E-state index is 12.1. The molecule has 2 aromatic rings. The average Bonchev–Trinajstić information content (AvgIpc) is 2.89. The Morgan fingerprint density at radius 1 is 1.45 bits per heavy atom. The van der Waals surface area contributed by atoms with Gasteiger partial charge in [0, 0.05) is 24.4 Å². The van der Waals surface area contributed by atoms with Gasteiger partial charge >= 0.3 is 6.36 Å². The highest BCUT2D eigenvalue weighted by molar-refractivity contribution is 5.94. The zero-order valence-electron chi connectivity index (χ0n) is 11.2. The summed E-state index contributed by atoms with van der Waals surface area (Å²) < 4.78 is 40.2. The molecule has 0 spiro atoms. The maximum absolute atomic E-state index is 12.1. The number of carbonyl (C=O) groups is 1. The van der Waals surface area contributed by atoms with Crippen LogP contribution in [0.25, 0.3) is 0 Å². The summed E-state index contributed by atoms with van der Waals surface area (Å²) in [7, 11) is 0. The van der Waals surface area contributed by atoms with E-state index < -0.39 is 24.1 Å². The normalized spacial score (nSPS) is 12.7. The minimum atomic E-state index is -4.79. The third-order valence-corrected chi connectivity index (χ3v) is 2.66. The zero-order chi connectivity index (χ0) is 16.2. The van der Waals surface area contributed by atoms with E-state index in [1.807, 2.05) is 0 Å². The highest BCUT2D eigenvalue weighted by Crippen LogP contribution is 2.25. The van der Waals surface area contributed by atoms with Gasteiger partial charge in [0.25, 0.3) is 0 Å². The molecule has 0 saturated heterocycles. The Labute approximate surface area is 123 Å². The van der Waals surface area contributed by atoms with Crippen LogP contribution in [-0.2, 0) is 11.2 Å². The first kappa shape index (κ1) is 15.8. The number of hydrogen-bond donors (Lipinski definition) is 3. The molecule has 1 amide bonds. The Morgan fingerprint density at radius 2 is 2.23 bits per heavy atom. The van der Waals surface area contributed by atoms with Crippen molar-refractivity contribution in [1.29, 1.82) is 0 Å². The van der Waals surface area contributed by atoms with E-state index in [1.165, 1.54) is 18.5 Å². The molecule has 0 aliphatic heterocycles. The van der Waals surface area contributed by atoms with E-state index in [-0.39, 0.29) is 12.1 Å². The number of ether oxygens (including phenoxy) is 1. The van der Waals surface area contributed by atoms with Gasteiger partial charge in [-0.25, -0.2) is 4.98 Å². The Morgan fingerprint density at radius 3 is 2.86 bits per heavy atom. The fourth-order valence-electron chi connectivity index (χ4n) is 1.73. The van der Waals surface area contributed by atoms with Gasteiger partial charge in [0.05, 0.1) is 18.1 Å². The summed E-state index contributed by atoms with van der Waals surface area (Å²) in [5.74, 6) is -0.960. The van der Waals surface area contributed by atoms with Crippen molar-refractivity contribution < 1.29 is 22.7 Å². The predicted octanol–water partition coefficient (Wildman–Crippen LogP) is 1.82. The number of alkyl halides is 3. The number of nitrogens with one attached hydrogen (secondary N) is 2. The van der Waals surface area contributed by atoms with Crippen LogP contribution >= 0.6 is 0 Å². The lowest BCUT2D eigenvalue weighted by Gasteiger charge is -2.13. The number of amides is 1. The lowest BCUT2D eigenvalue weighted by Crippen LogP contribution is -2.37. The Hall–Kier alpha value is -2.55. The number of anilines is 1. The average molecular weight is 314 g/mol. The number of aromatic nitrogens is 2. The minimum absolute atomic E-state index is 0.157. The third kappa shape index (κ3) is 4.77. The molecule has 1 heterocycles. The molecule has 0 aliphatic carbocycles. The lowest BCUT2D eigenvalue weighted by molar-refractivity contribution is -0.274. The first-order valence-electron chi connectivity index (χ1n) is 6.23. The van der Waals surface area contributed by atoms with Crippen molar-refractivity contribution in [3.8, 4) is 5.75 Å². The fourth-order valence-corrected chi connectivity index (χ4v) is 1.73. The first-order valence-corrected chi connectivity index (χ1v) is 6.23. The molecule has 1 atom stereocenters. The number of halogens is 3. The summed E-state index contributed by atoms with van der Waals surface area (Å²) in [5, 5.41) is 2.43. The molecule has 4 N–H and O–H groups in total. The van der Waals surface area contributed by atoms with Crippen molar-refractivity contribution in [2.45, 2.75) is 18.8 Å². The number of rotatable bonds is 5. The molecule has 0 saturated carbocycles. The summed E-state index contributed by atoms with van der Waals surface area (Å²) in [5.41, 5.74) is 6.48. The number of aromatic amines is 1. The molecule has 0 fully saturated rings. The van der Waals surface area contributed by atoms with Gasteiger partial charge in [0.2, 0.25) is 5.91 Å². The van der Waals surface area contributed by atoms with Crippen molar-refractivity contribution in [2.75, 3.05) is 5.32 Å². The number of imidazole rings is 1. The van der Waals surface area contributed by atoms with Crippen LogP contribution in [0.2, 0.25) is 0 Å². The van der Waals surface area contributed by atoms with Gasteiger partial charge in [-0.05, 0) is 12.1 Å². The van der Waals surface area contributed by atoms with E-state index in [2.05, 4.69) is 20.0 Å². The van der Waals surface area contributed by atoms with E-state index >= 15 is 0 Å². The van der Waals surface area contributed by atoms with Gasteiger partial charge in [0.15, 0.2) is 0 Å². The Bertz CT molecular complexity index is 628. The molecule has 0 bridgehead atoms. The van der Waals surface area contributed by atoms with Gasteiger partial charge in [-0.1, -0.05) is 6.07 Å². The van der Waals surface area contributed by atoms with Crippen molar-refractivity contribution in [3.05, 3.63) is 42.5 Å². The number of nitrogens with two attached hydrogens (primary N) is 1. The summed E-state index contributed by atoms with van der Waals surface area (Å²) in [6.07, 6.45) is -1.53. The van der Waals surface area contributed by atoms with Crippen LogP contribution in [0.5, 0.6) is 5.75 Å². The molecule has 118 valence electrons. The summed E-state index contributed by atoms with van der Waals surface area (Å²) in [6.45, 7) is 0. The summed E-state index contributed by atoms with van der Waals surface area (Å²) in [4.78, 5) is 18.6. The molecule has 6 nitrogen and oxygen atoms in total. The summed E-state index contributed by atoms with van der Waals surface area (Å²) in [6, 6.07) is 4.08. The SMILES string of the molecule is NC(Cc1c[nH]cn1)C(=O)Nc1cccc(OC(F)(F)F)c1. The first-order chi connectivity index (χ1) is 10.3. The molecule has 0 radical (unpaired) electrons. The van der Waals surface area contributed by atoms with Crippen LogP contribution in [0.3, 0.4) is 0 Å². The molecule has 1 aromatic heterocycles. The van der Waals surface area contributed by atoms with Crippen molar-refractivity contribution >= 4 is 11.6 Å².